The van der Waals surface area contributed by atoms with Crippen molar-refractivity contribution >= 4 is 28.1 Å². The van der Waals surface area contributed by atoms with Crippen LogP contribution in [0.25, 0.3) is 10.8 Å². The van der Waals surface area contributed by atoms with Crippen LogP contribution < -0.4 is 0 Å². The van der Waals surface area contributed by atoms with Crippen LogP contribution in [-0.2, 0) is 0 Å². The van der Waals surface area contributed by atoms with Crippen molar-refractivity contribution < 1.29 is 4.92 Å². The number of aryl methyl sites for hydroxylation is 1. The second kappa shape index (κ2) is 3.51. The zero-order valence-electron chi connectivity index (χ0n) is 8.03. The number of nitro groups is 1. The molecular formula is C11H8ClNO2. The number of hydrogen-bond acceptors (Lipinski definition) is 2. The Kier molecular flexibility index (Phi) is 2.32. The van der Waals surface area contributed by atoms with Crippen LogP contribution in [0.2, 0.25) is 5.02 Å². The molecule has 0 heterocycles. The quantitative estimate of drug-likeness (QED) is 0.544. The molecule has 0 aliphatic carbocycles. The third kappa shape index (κ3) is 1.78. The van der Waals surface area contributed by atoms with E-state index in [1.165, 1.54) is 0 Å². The average molecular weight is 222 g/mol. The van der Waals surface area contributed by atoms with Gasteiger partial charge in [-0.2, -0.15) is 0 Å². The normalized spacial score (nSPS) is 10.5. The molecule has 0 spiro atoms. The van der Waals surface area contributed by atoms with Gasteiger partial charge in [0.2, 0.25) is 0 Å². The molecule has 3 nitrogen and oxygen atoms in total. The molecule has 0 aliphatic rings. The number of benzene rings is 2. The van der Waals surface area contributed by atoms with E-state index in [4.69, 9.17) is 11.6 Å². The number of nitrogens with zero attached hydrogens (tertiary/aromatic N) is 1. The third-order valence-electron chi connectivity index (χ3n) is 2.31. The van der Waals surface area contributed by atoms with Crippen LogP contribution in [0.5, 0.6) is 0 Å². The summed E-state index contributed by atoms with van der Waals surface area (Å²) in [5.74, 6) is 0. The molecule has 2 rings (SSSR count). The van der Waals surface area contributed by atoms with E-state index in [0.717, 1.165) is 10.8 Å². The maximum absolute atomic E-state index is 10.7. The Morgan fingerprint density at radius 3 is 2.60 bits per heavy atom. The number of nitro benzene ring substituents is 1. The molecular weight excluding hydrogens is 214 g/mol. The van der Waals surface area contributed by atoms with Crippen LogP contribution in [0.15, 0.2) is 30.3 Å². The van der Waals surface area contributed by atoms with Crippen molar-refractivity contribution in [2.45, 2.75) is 6.92 Å². The zero-order valence-corrected chi connectivity index (χ0v) is 8.78. The molecule has 76 valence electrons. The Morgan fingerprint density at radius 2 is 1.93 bits per heavy atom. The SMILES string of the molecule is Cc1cc2ccc(Cl)cc2cc1[N+](=O)[O-]. The van der Waals surface area contributed by atoms with Crippen LogP contribution in [0.1, 0.15) is 5.56 Å². The molecule has 0 N–H and O–H groups in total. The first-order valence-corrected chi connectivity index (χ1v) is 4.80. The van der Waals surface area contributed by atoms with Gasteiger partial charge in [0, 0.05) is 16.7 Å². The lowest BCUT2D eigenvalue weighted by atomic mass is 10.1. The monoisotopic (exact) mass is 221 g/mol. The highest BCUT2D eigenvalue weighted by Gasteiger charge is 2.11. The molecule has 0 saturated heterocycles. The Hall–Kier alpha value is -1.61. The molecule has 0 unspecified atom stereocenters. The standard InChI is InChI=1S/C11H8ClNO2/c1-7-4-8-2-3-10(12)5-9(8)6-11(7)13(14)15/h2-6H,1H3. The molecule has 0 saturated carbocycles. The number of hydrogen-bond donors (Lipinski definition) is 0. The second-order valence-electron chi connectivity index (χ2n) is 3.39. The van der Waals surface area contributed by atoms with E-state index >= 15 is 0 Å². The van der Waals surface area contributed by atoms with Crippen molar-refractivity contribution in [1.29, 1.82) is 0 Å². The van der Waals surface area contributed by atoms with Gasteiger partial charge in [-0.25, -0.2) is 0 Å². The molecule has 0 atom stereocenters. The van der Waals surface area contributed by atoms with E-state index in [2.05, 4.69) is 0 Å². The lowest BCUT2D eigenvalue weighted by Crippen LogP contribution is -1.91. The van der Waals surface area contributed by atoms with Crippen LogP contribution in [0, 0.1) is 17.0 Å². The summed E-state index contributed by atoms with van der Waals surface area (Å²) < 4.78 is 0. The molecule has 4 heteroatoms. The fourth-order valence-corrected chi connectivity index (χ4v) is 1.75. The number of rotatable bonds is 1. The van der Waals surface area contributed by atoms with E-state index in [1.54, 1.807) is 31.2 Å². The van der Waals surface area contributed by atoms with Gasteiger partial charge in [0.25, 0.3) is 5.69 Å². The fraction of sp³-hybridized carbons (Fsp3) is 0.0909. The van der Waals surface area contributed by atoms with E-state index in [-0.39, 0.29) is 10.6 Å². The summed E-state index contributed by atoms with van der Waals surface area (Å²) in [7, 11) is 0. The van der Waals surface area contributed by atoms with Crippen LogP contribution in [0.4, 0.5) is 5.69 Å². The first kappa shape index (κ1) is 9.93. The molecule has 0 fully saturated rings. The van der Waals surface area contributed by atoms with Crippen LogP contribution >= 0.6 is 11.6 Å². The molecule has 15 heavy (non-hydrogen) atoms. The van der Waals surface area contributed by atoms with Crippen molar-refractivity contribution in [2.75, 3.05) is 0 Å². The van der Waals surface area contributed by atoms with Gasteiger partial charge in [-0.3, -0.25) is 10.1 Å². The van der Waals surface area contributed by atoms with Gasteiger partial charge >= 0.3 is 0 Å². The Bertz CT molecular complexity index is 552. The van der Waals surface area contributed by atoms with Crippen molar-refractivity contribution in [3.63, 3.8) is 0 Å². The molecule has 2 aromatic rings. The highest BCUT2D eigenvalue weighted by atomic mass is 35.5. The van der Waals surface area contributed by atoms with Crippen molar-refractivity contribution in [2.24, 2.45) is 0 Å². The van der Waals surface area contributed by atoms with E-state index in [1.807, 2.05) is 6.07 Å². The van der Waals surface area contributed by atoms with Crippen LogP contribution in [-0.4, -0.2) is 4.92 Å². The van der Waals surface area contributed by atoms with Gasteiger partial charge in [-0.1, -0.05) is 17.7 Å². The largest absolute Gasteiger partial charge is 0.272 e. The maximum Gasteiger partial charge on any atom is 0.272 e. The van der Waals surface area contributed by atoms with Crippen molar-refractivity contribution in [1.82, 2.24) is 0 Å². The molecule has 0 aliphatic heterocycles. The zero-order chi connectivity index (χ0) is 11.0. The first-order chi connectivity index (χ1) is 7.08. The van der Waals surface area contributed by atoms with E-state index < -0.39 is 0 Å². The van der Waals surface area contributed by atoms with Gasteiger partial charge in [0.1, 0.15) is 0 Å². The molecule has 0 radical (unpaired) electrons. The van der Waals surface area contributed by atoms with Gasteiger partial charge in [0.05, 0.1) is 4.92 Å². The number of halogens is 1. The maximum atomic E-state index is 10.7. The van der Waals surface area contributed by atoms with Crippen molar-refractivity contribution in [3.05, 3.63) is 51.0 Å². The van der Waals surface area contributed by atoms with E-state index in [9.17, 15) is 10.1 Å². The van der Waals surface area contributed by atoms with Crippen molar-refractivity contribution in [3.8, 4) is 0 Å². The predicted molar refractivity (Wildman–Crippen MR) is 60.3 cm³/mol. The summed E-state index contributed by atoms with van der Waals surface area (Å²) in [6.07, 6.45) is 0. The second-order valence-corrected chi connectivity index (χ2v) is 3.82. The molecule has 2 aromatic carbocycles. The summed E-state index contributed by atoms with van der Waals surface area (Å²) in [6.45, 7) is 1.73. The lowest BCUT2D eigenvalue weighted by molar-refractivity contribution is -0.385. The minimum Gasteiger partial charge on any atom is -0.258 e. The van der Waals surface area contributed by atoms with Gasteiger partial charge in [-0.15, -0.1) is 0 Å². The Balaban J connectivity index is 2.77. The molecule has 0 bridgehead atoms. The third-order valence-corrected chi connectivity index (χ3v) is 2.55. The summed E-state index contributed by atoms with van der Waals surface area (Å²) in [5.41, 5.74) is 0.791. The minimum absolute atomic E-state index is 0.129. The minimum atomic E-state index is -0.379. The van der Waals surface area contributed by atoms with Gasteiger partial charge in [-0.05, 0) is 35.9 Å². The smallest absolute Gasteiger partial charge is 0.258 e. The fourth-order valence-electron chi connectivity index (χ4n) is 1.57. The Labute approximate surface area is 91.4 Å². The van der Waals surface area contributed by atoms with Gasteiger partial charge < -0.3 is 0 Å². The van der Waals surface area contributed by atoms with Crippen LogP contribution in [0.3, 0.4) is 0 Å². The highest BCUT2D eigenvalue weighted by molar-refractivity contribution is 6.31. The summed E-state index contributed by atoms with van der Waals surface area (Å²) >= 11 is 5.82. The highest BCUT2D eigenvalue weighted by Crippen LogP contribution is 2.27. The summed E-state index contributed by atoms with van der Waals surface area (Å²) in [6, 6.07) is 8.70. The van der Waals surface area contributed by atoms with Gasteiger partial charge in [0.15, 0.2) is 0 Å². The number of fused-ring (bicyclic) bond motifs is 1. The summed E-state index contributed by atoms with van der Waals surface area (Å²) in [5, 5.41) is 13.1. The summed E-state index contributed by atoms with van der Waals surface area (Å²) in [4.78, 5) is 10.3. The topological polar surface area (TPSA) is 43.1 Å². The predicted octanol–water partition coefficient (Wildman–Crippen LogP) is 3.71. The first-order valence-electron chi connectivity index (χ1n) is 4.42. The molecule has 0 aromatic heterocycles. The Morgan fingerprint density at radius 1 is 1.20 bits per heavy atom. The lowest BCUT2D eigenvalue weighted by Gasteiger charge is -2.01. The molecule has 0 amide bonds. The average Bonchev–Trinajstić information content (AvgIpc) is 2.17. The van der Waals surface area contributed by atoms with E-state index in [0.29, 0.717) is 10.6 Å².